The van der Waals surface area contributed by atoms with E-state index in [1.807, 2.05) is 24.3 Å². The maximum absolute atomic E-state index is 11.8. The van der Waals surface area contributed by atoms with Gasteiger partial charge in [-0.05, 0) is 35.4 Å². The van der Waals surface area contributed by atoms with E-state index in [9.17, 15) is 4.79 Å². The fourth-order valence-corrected chi connectivity index (χ4v) is 3.32. The molecule has 122 valence electrons. The molecule has 6 heteroatoms. The fraction of sp³-hybridized carbons (Fsp3) is 0.235. The van der Waals surface area contributed by atoms with Crippen molar-refractivity contribution >= 4 is 52.5 Å². The van der Waals surface area contributed by atoms with Gasteiger partial charge in [0, 0.05) is 23.1 Å². The zero-order chi connectivity index (χ0) is 16.7. The van der Waals surface area contributed by atoms with Crippen LogP contribution in [0.2, 0.25) is 15.1 Å². The molecule has 0 aliphatic heterocycles. The zero-order valence-corrected chi connectivity index (χ0v) is 15.4. The molecule has 0 saturated carbocycles. The van der Waals surface area contributed by atoms with E-state index in [0.717, 1.165) is 22.6 Å². The topological polar surface area (TPSA) is 29.1 Å². The van der Waals surface area contributed by atoms with Crippen LogP contribution in [-0.4, -0.2) is 18.2 Å². The van der Waals surface area contributed by atoms with Gasteiger partial charge in [0.05, 0.1) is 16.5 Å². The van der Waals surface area contributed by atoms with Gasteiger partial charge >= 0.3 is 0 Å². The highest BCUT2D eigenvalue weighted by Gasteiger charge is 2.04. The predicted octanol–water partition coefficient (Wildman–Crippen LogP) is 5.24. The van der Waals surface area contributed by atoms with Crippen molar-refractivity contribution in [3.8, 4) is 0 Å². The molecular formula is C17H16Cl3NOS. The highest BCUT2D eigenvalue weighted by molar-refractivity contribution is 7.98. The third-order valence-electron chi connectivity index (χ3n) is 3.08. The zero-order valence-electron chi connectivity index (χ0n) is 12.3. The van der Waals surface area contributed by atoms with Crippen molar-refractivity contribution < 1.29 is 4.79 Å². The summed E-state index contributed by atoms with van der Waals surface area (Å²) < 4.78 is 0. The summed E-state index contributed by atoms with van der Waals surface area (Å²) in [6, 6.07) is 13.0. The van der Waals surface area contributed by atoms with E-state index in [1.54, 1.807) is 30.0 Å². The maximum Gasteiger partial charge on any atom is 0.224 e. The van der Waals surface area contributed by atoms with Crippen molar-refractivity contribution in [3.63, 3.8) is 0 Å². The van der Waals surface area contributed by atoms with Gasteiger partial charge in [0.15, 0.2) is 0 Å². The molecule has 0 aromatic heterocycles. The lowest BCUT2D eigenvalue weighted by molar-refractivity contribution is -0.120. The van der Waals surface area contributed by atoms with Crippen molar-refractivity contribution in [2.45, 2.75) is 12.2 Å². The van der Waals surface area contributed by atoms with Gasteiger partial charge in [-0.1, -0.05) is 53.0 Å². The lowest BCUT2D eigenvalue weighted by Crippen LogP contribution is -2.27. The van der Waals surface area contributed by atoms with E-state index in [2.05, 4.69) is 5.32 Å². The number of hydrogen-bond donors (Lipinski definition) is 1. The second-order valence-electron chi connectivity index (χ2n) is 4.96. The second-order valence-corrected chi connectivity index (χ2v) is 7.31. The Morgan fingerprint density at radius 1 is 1.00 bits per heavy atom. The SMILES string of the molecule is O=C(Cc1cccc(Cl)c1)NCCSCc1ccc(Cl)c(Cl)c1. The van der Waals surface area contributed by atoms with Crippen LogP contribution in [0, 0.1) is 0 Å². The molecule has 1 N–H and O–H groups in total. The van der Waals surface area contributed by atoms with E-state index in [4.69, 9.17) is 34.8 Å². The van der Waals surface area contributed by atoms with Gasteiger partial charge < -0.3 is 5.32 Å². The normalized spacial score (nSPS) is 10.6. The van der Waals surface area contributed by atoms with Crippen LogP contribution in [0.25, 0.3) is 0 Å². The molecule has 0 aliphatic carbocycles. The number of rotatable bonds is 7. The highest BCUT2D eigenvalue weighted by atomic mass is 35.5. The quantitative estimate of drug-likeness (QED) is 0.657. The van der Waals surface area contributed by atoms with E-state index in [1.165, 1.54) is 0 Å². The highest BCUT2D eigenvalue weighted by Crippen LogP contribution is 2.24. The van der Waals surface area contributed by atoms with Crippen molar-refractivity contribution in [2.24, 2.45) is 0 Å². The number of carbonyl (C=O) groups is 1. The van der Waals surface area contributed by atoms with Gasteiger partial charge in [0.2, 0.25) is 5.91 Å². The van der Waals surface area contributed by atoms with E-state index < -0.39 is 0 Å². The molecule has 0 saturated heterocycles. The minimum atomic E-state index is 0.00223. The smallest absolute Gasteiger partial charge is 0.224 e. The Kier molecular flexibility index (Phi) is 7.57. The van der Waals surface area contributed by atoms with Crippen molar-refractivity contribution in [1.82, 2.24) is 5.32 Å². The first-order valence-electron chi connectivity index (χ1n) is 7.07. The Hall–Kier alpha value is -0.870. The summed E-state index contributed by atoms with van der Waals surface area (Å²) in [5.74, 6) is 1.67. The van der Waals surface area contributed by atoms with Crippen LogP contribution in [0.1, 0.15) is 11.1 Å². The molecule has 0 heterocycles. The monoisotopic (exact) mass is 387 g/mol. The Bertz CT molecular complexity index is 679. The van der Waals surface area contributed by atoms with Crippen LogP contribution in [0.3, 0.4) is 0 Å². The Morgan fingerprint density at radius 2 is 1.83 bits per heavy atom. The number of benzene rings is 2. The Balaban J connectivity index is 1.65. The minimum Gasteiger partial charge on any atom is -0.355 e. The third kappa shape index (κ3) is 6.64. The average molecular weight is 389 g/mol. The van der Waals surface area contributed by atoms with Crippen LogP contribution < -0.4 is 5.32 Å². The van der Waals surface area contributed by atoms with Gasteiger partial charge in [0.1, 0.15) is 0 Å². The van der Waals surface area contributed by atoms with Gasteiger partial charge in [-0.3, -0.25) is 4.79 Å². The van der Waals surface area contributed by atoms with E-state index in [0.29, 0.717) is 28.0 Å². The largest absolute Gasteiger partial charge is 0.355 e. The standard InChI is InChI=1S/C17H16Cl3NOS/c18-14-3-1-2-12(8-14)10-17(22)21-6-7-23-11-13-4-5-15(19)16(20)9-13/h1-5,8-9H,6-7,10-11H2,(H,21,22). The first-order valence-corrected chi connectivity index (χ1v) is 9.36. The van der Waals surface area contributed by atoms with Gasteiger partial charge in [-0.15, -0.1) is 0 Å². The molecule has 0 spiro atoms. The Labute approximate surface area is 155 Å². The molecule has 2 aromatic rings. The van der Waals surface area contributed by atoms with E-state index >= 15 is 0 Å². The number of hydrogen-bond acceptors (Lipinski definition) is 2. The summed E-state index contributed by atoms with van der Waals surface area (Å²) in [5.41, 5.74) is 2.04. The number of amides is 1. The average Bonchev–Trinajstić information content (AvgIpc) is 2.50. The van der Waals surface area contributed by atoms with Crippen LogP contribution in [0.5, 0.6) is 0 Å². The lowest BCUT2D eigenvalue weighted by Gasteiger charge is -2.06. The molecule has 0 fully saturated rings. The van der Waals surface area contributed by atoms with Crippen LogP contribution in [0.15, 0.2) is 42.5 Å². The molecular weight excluding hydrogens is 373 g/mol. The summed E-state index contributed by atoms with van der Waals surface area (Å²) >= 11 is 19.5. The number of thioether (sulfide) groups is 1. The summed E-state index contributed by atoms with van der Waals surface area (Å²) in [4.78, 5) is 11.8. The van der Waals surface area contributed by atoms with Crippen molar-refractivity contribution in [3.05, 3.63) is 68.7 Å². The first-order chi connectivity index (χ1) is 11.0. The minimum absolute atomic E-state index is 0.00223. The second kappa shape index (κ2) is 9.43. The van der Waals surface area contributed by atoms with Crippen molar-refractivity contribution in [2.75, 3.05) is 12.3 Å². The van der Waals surface area contributed by atoms with Gasteiger partial charge in [-0.2, -0.15) is 11.8 Å². The molecule has 0 radical (unpaired) electrons. The summed E-state index contributed by atoms with van der Waals surface area (Å²) in [7, 11) is 0. The van der Waals surface area contributed by atoms with Crippen LogP contribution in [-0.2, 0) is 17.0 Å². The molecule has 1 amide bonds. The number of carbonyl (C=O) groups excluding carboxylic acids is 1. The maximum atomic E-state index is 11.8. The molecule has 0 atom stereocenters. The lowest BCUT2D eigenvalue weighted by atomic mass is 10.1. The Morgan fingerprint density at radius 3 is 2.57 bits per heavy atom. The third-order valence-corrected chi connectivity index (χ3v) is 5.08. The summed E-state index contributed by atoms with van der Waals surface area (Å²) in [6.07, 6.45) is 0.345. The van der Waals surface area contributed by atoms with Crippen molar-refractivity contribution in [1.29, 1.82) is 0 Å². The molecule has 0 aliphatic rings. The molecule has 2 aromatic carbocycles. The molecule has 0 bridgehead atoms. The molecule has 0 unspecified atom stereocenters. The number of nitrogens with one attached hydrogen (secondary N) is 1. The van der Waals surface area contributed by atoms with Gasteiger partial charge in [-0.25, -0.2) is 0 Å². The number of halogens is 3. The molecule has 2 nitrogen and oxygen atoms in total. The van der Waals surface area contributed by atoms with Crippen LogP contribution >= 0.6 is 46.6 Å². The summed E-state index contributed by atoms with van der Waals surface area (Å²) in [6.45, 7) is 0.630. The predicted molar refractivity (Wildman–Crippen MR) is 101 cm³/mol. The molecule has 23 heavy (non-hydrogen) atoms. The first kappa shape index (κ1) is 18.5. The summed E-state index contributed by atoms with van der Waals surface area (Å²) in [5, 5.41) is 4.69. The molecule has 2 rings (SSSR count). The van der Waals surface area contributed by atoms with Gasteiger partial charge in [0.25, 0.3) is 0 Å². The fourth-order valence-electron chi connectivity index (χ4n) is 1.98. The van der Waals surface area contributed by atoms with E-state index in [-0.39, 0.29) is 5.91 Å². The van der Waals surface area contributed by atoms with Crippen LogP contribution in [0.4, 0.5) is 0 Å².